The van der Waals surface area contributed by atoms with Crippen LogP contribution in [-0.2, 0) is 16.3 Å². The molecule has 0 aliphatic carbocycles. The van der Waals surface area contributed by atoms with Crippen LogP contribution in [0.5, 0.6) is 0 Å². The molecule has 0 aromatic heterocycles. The largest absolute Gasteiger partial charge is 0.327 e. The van der Waals surface area contributed by atoms with Crippen LogP contribution < -0.4 is 5.09 Å². The molecule has 0 radical (unpaired) electrons. The lowest BCUT2D eigenvalue weighted by Crippen LogP contribution is -2.08. The van der Waals surface area contributed by atoms with Crippen molar-refractivity contribution in [3.05, 3.63) is 0 Å². The third-order valence-corrected chi connectivity index (χ3v) is 7.81. The summed E-state index contributed by atoms with van der Waals surface area (Å²) in [5.74, 6) is 1.71. The predicted molar refractivity (Wildman–Crippen MR) is 74.6 cm³/mol. The lowest BCUT2D eigenvalue weighted by Gasteiger charge is -2.21. The quantitative estimate of drug-likeness (QED) is 0.536. The van der Waals surface area contributed by atoms with Crippen LogP contribution >= 0.6 is 29.2 Å². The summed E-state index contributed by atoms with van der Waals surface area (Å²) in [6, 6.07) is 0. The molecule has 2 unspecified atom stereocenters. The fraction of sp³-hybridized carbons (Fsp3) is 0.875. The van der Waals surface area contributed by atoms with Crippen LogP contribution in [0.25, 0.3) is 0 Å². The maximum atomic E-state index is 5.54. The average Bonchev–Trinajstić information content (AvgIpc) is 2.15. The lowest BCUT2D eigenvalue weighted by molar-refractivity contribution is 0.383. The predicted octanol–water partition coefficient (Wildman–Crippen LogP) is 3.57. The Hall–Kier alpha value is 0.850. The molecule has 0 bridgehead atoms. The molecular weight excluding hydrogens is 253 g/mol. The molecule has 0 rings (SSSR count). The van der Waals surface area contributed by atoms with E-state index in [4.69, 9.17) is 28.5 Å². The zero-order valence-electron chi connectivity index (χ0n) is 8.86. The zero-order chi connectivity index (χ0) is 11.0. The van der Waals surface area contributed by atoms with Gasteiger partial charge in [0, 0.05) is 5.75 Å². The maximum absolute atomic E-state index is 5.54. The molecule has 6 heteroatoms. The molecule has 0 saturated heterocycles. The van der Waals surface area contributed by atoms with Crippen LogP contribution in [0.2, 0.25) is 0 Å². The van der Waals surface area contributed by atoms with Gasteiger partial charge in [-0.1, -0.05) is 43.9 Å². The highest BCUT2D eigenvalue weighted by Crippen LogP contribution is 2.56. The number of thiocarbonyl (C=S) groups is 1. The first-order valence-corrected chi connectivity index (χ1v) is 9.46. The molecule has 0 heterocycles. The van der Waals surface area contributed by atoms with E-state index in [2.05, 4.69) is 18.9 Å². The molecule has 2 atom stereocenters. The van der Waals surface area contributed by atoms with Crippen molar-refractivity contribution in [3.8, 4) is 0 Å². The average molecular weight is 271 g/mol. The Morgan fingerprint density at radius 2 is 2.21 bits per heavy atom. The minimum absolute atomic E-state index is 0.640. The smallest absolute Gasteiger partial charge is 0.210 e. The minimum Gasteiger partial charge on any atom is -0.327 e. The molecular formula is C8H18NOPS3. The van der Waals surface area contributed by atoms with Crippen molar-refractivity contribution in [2.24, 2.45) is 5.92 Å². The zero-order valence-corrected chi connectivity index (χ0v) is 12.2. The summed E-state index contributed by atoms with van der Waals surface area (Å²) in [6.07, 6.45) is 1.17. The Kier molecular flexibility index (Phi) is 8.54. The second kappa shape index (κ2) is 8.05. The van der Waals surface area contributed by atoms with Gasteiger partial charge in [-0.3, -0.25) is 0 Å². The topological polar surface area (TPSA) is 21.3 Å². The van der Waals surface area contributed by atoms with Crippen LogP contribution in [0, 0.1) is 5.92 Å². The highest BCUT2D eigenvalue weighted by molar-refractivity contribution is 8.68. The minimum atomic E-state index is -1.95. The SMILES string of the molecule is CCOP(=S)(NC=S)SCC(C)CC. The van der Waals surface area contributed by atoms with Crippen molar-refractivity contribution >= 4 is 46.5 Å². The van der Waals surface area contributed by atoms with E-state index in [0.29, 0.717) is 12.5 Å². The van der Waals surface area contributed by atoms with Crippen LogP contribution in [-0.4, -0.2) is 17.9 Å². The molecule has 0 aliphatic rings. The van der Waals surface area contributed by atoms with Gasteiger partial charge in [0.1, 0.15) is 0 Å². The molecule has 2 nitrogen and oxygen atoms in total. The summed E-state index contributed by atoms with van der Waals surface area (Å²) in [6.45, 7) is 6.99. The summed E-state index contributed by atoms with van der Waals surface area (Å²) >= 11 is 11.9. The van der Waals surface area contributed by atoms with Crippen molar-refractivity contribution in [3.63, 3.8) is 0 Å². The highest BCUT2D eigenvalue weighted by Gasteiger charge is 2.17. The standard InChI is InChI=1S/C8H18NOPS3/c1-4-8(3)6-14-11(13,9-7-12)10-5-2/h7-8H,4-6H2,1-3H3,(H,9,12,13). The Bertz CT molecular complexity index is 213. The van der Waals surface area contributed by atoms with Gasteiger partial charge in [-0.2, -0.15) is 0 Å². The summed E-state index contributed by atoms with van der Waals surface area (Å²) in [5.41, 5.74) is -0.474. The molecule has 1 N–H and O–H groups in total. The van der Waals surface area contributed by atoms with E-state index >= 15 is 0 Å². The fourth-order valence-electron chi connectivity index (χ4n) is 0.690. The van der Waals surface area contributed by atoms with Gasteiger partial charge in [-0.15, -0.1) is 0 Å². The molecule has 0 fully saturated rings. The first-order valence-electron chi connectivity index (χ1n) is 4.68. The monoisotopic (exact) mass is 271 g/mol. The number of rotatable bonds is 8. The van der Waals surface area contributed by atoms with Crippen molar-refractivity contribution in [1.29, 1.82) is 0 Å². The van der Waals surface area contributed by atoms with Gasteiger partial charge in [0.15, 0.2) is 0 Å². The summed E-state index contributed by atoms with van der Waals surface area (Å²) in [5, 5.41) is 3.00. The van der Waals surface area contributed by atoms with E-state index < -0.39 is 5.62 Å². The normalized spacial score (nSPS) is 17.1. The van der Waals surface area contributed by atoms with E-state index in [-0.39, 0.29) is 0 Å². The number of hydrogen-bond acceptors (Lipinski definition) is 4. The van der Waals surface area contributed by atoms with Gasteiger partial charge in [-0.05, 0) is 24.6 Å². The Morgan fingerprint density at radius 3 is 2.64 bits per heavy atom. The van der Waals surface area contributed by atoms with Crippen LogP contribution in [0.1, 0.15) is 27.2 Å². The van der Waals surface area contributed by atoms with Gasteiger partial charge in [0.05, 0.1) is 12.1 Å². The molecule has 0 aliphatic heterocycles. The summed E-state index contributed by atoms with van der Waals surface area (Å²) in [7, 11) is 0. The molecule has 0 aromatic rings. The van der Waals surface area contributed by atoms with Gasteiger partial charge in [0.2, 0.25) is 5.62 Å². The second-order valence-electron chi connectivity index (χ2n) is 2.97. The van der Waals surface area contributed by atoms with Crippen molar-refractivity contribution < 1.29 is 4.52 Å². The van der Waals surface area contributed by atoms with E-state index in [1.807, 2.05) is 6.92 Å². The maximum Gasteiger partial charge on any atom is 0.210 e. The van der Waals surface area contributed by atoms with E-state index in [1.54, 1.807) is 11.4 Å². The molecule has 0 amide bonds. The van der Waals surface area contributed by atoms with E-state index in [1.165, 1.54) is 11.9 Å². The van der Waals surface area contributed by atoms with Gasteiger partial charge >= 0.3 is 0 Å². The first kappa shape index (κ1) is 14.8. The van der Waals surface area contributed by atoms with Gasteiger partial charge in [-0.25, -0.2) is 0 Å². The second-order valence-corrected chi connectivity index (χ2v) is 9.86. The van der Waals surface area contributed by atoms with Gasteiger partial charge in [0.25, 0.3) is 0 Å². The van der Waals surface area contributed by atoms with Crippen molar-refractivity contribution in [1.82, 2.24) is 5.09 Å². The number of nitrogens with one attached hydrogen (secondary N) is 1. The van der Waals surface area contributed by atoms with Crippen molar-refractivity contribution in [2.75, 3.05) is 12.4 Å². The van der Waals surface area contributed by atoms with Crippen LogP contribution in [0.4, 0.5) is 0 Å². The summed E-state index contributed by atoms with van der Waals surface area (Å²) < 4.78 is 5.54. The fourth-order valence-corrected chi connectivity index (χ4v) is 6.21. The highest BCUT2D eigenvalue weighted by atomic mass is 32.9. The summed E-state index contributed by atoms with van der Waals surface area (Å²) in [4.78, 5) is 0. The van der Waals surface area contributed by atoms with Crippen molar-refractivity contribution in [2.45, 2.75) is 27.2 Å². The van der Waals surface area contributed by atoms with Crippen LogP contribution in [0.3, 0.4) is 0 Å². The lowest BCUT2D eigenvalue weighted by atomic mass is 10.2. The number of hydrogen-bond donors (Lipinski definition) is 1. The molecule has 0 spiro atoms. The van der Waals surface area contributed by atoms with Gasteiger partial charge < -0.3 is 9.61 Å². The Morgan fingerprint density at radius 1 is 1.57 bits per heavy atom. The molecule has 84 valence electrons. The molecule has 0 aromatic carbocycles. The Balaban J connectivity index is 4.08. The first-order chi connectivity index (χ1) is 6.58. The van der Waals surface area contributed by atoms with E-state index in [0.717, 1.165) is 5.75 Å². The van der Waals surface area contributed by atoms with Crippen LogP contribution in [0.15, 0.2) is 0 Å². The third kappa shape index (κ3) is 6.36. The Labute approximate surface area is 101 Å². The molecule has 14 heavy (non-hydrogen) atoms. The van der Waals surface area contributed by atoms with E-state index in [9.17, 15) is 0 Å². The molecule has 0 saturated carbocycles. The third-order valence-electron chi connectivity index (χ3n) is 1.74.